The fourth-order valence-corrected chi connectivity index (χ4v) is 4.53. The Morgan fingerprint density at radius 2 is 2.06 bits per heavy atom. The monoisotopic (exact) mass is 506 g/mol. The predicted octanol–water partition coefficient (Wildman–Crippen LogP) is 4.82. The largest absolute Gasteiger partial charge is 0.306 e. The normalized spacial score (nSPS) is 13.9. The van der Waals surface area contributed by atoms with Crippen LogP contribution in [0.1, 0.15) is 52.5 Å². The fraction of sp³-hybridized carbons (Fsp3) is 0.250. The Balaban J connectivity index is 1.14. The summed E-state index contributed by atoms with van der Waals surface area (Å²) >= 11 is 3.48. The highest BCUT2D eigenvalue weighted by atomic mass is 79.9. The maximum absolute atomic E-state index is 14.3. The molecule has 0 aromatic carbocycles. The number of hydrogen-bond donors (Lipinski definition) is 0. The second-order valence-corrected chi connectivity index (χ2v) is 9.44. The van der Waals surface area contributed by atoms with Gasteiger partial charge in [-0.3, -0.25) is 9.48 Å². The number of nitrogens with zero attached hydrogens (tertiary/aromatic N) is 6. The van der Waals surface area contributed by atoms with Crippen LogP contribution < -0.4 is 0 Å². The lowest BCUT2D eigenvalue weighted by Gasteiger charge is -2.01. The first-order valence-electron chi connectivity index (χ1n) is 10.9. The minimum Gasteiger partial charge on any atom is -0.306 e. The van der Waals surface area contributed by atoms with Crippen molar-refractivity contribution in [2.24, 2.45) is 0 Å². The molecule has 0 saturated heterocycles. The summed E-state index contributed by atoms with van der Waals surface area (Å²) in [5, 5.41) is 4.33. The third-order valence-electron chi connectivity index (χ3n) is 6.09. The Morgan fingerprint density at radius 3 is 2.91 bits per heavy atom. The number of rotatable bonds is 7. The zero-order valence-corrected chi connectivity index (χ0v) is 19.2. The summed E-state index contributed by atoms with van der Waals surface area (Å²) in [4.78, 5) is 21.7. The lowest BCUT2D eigenvalue weighted by Crippen LogP contribution is -2.02. The molecule has 1 fully saturated rings. The molecule has 33 heavy (non-hydrogen) atoms. The van der Waals surface area contributed by atoms with E-state index in [0.29, 0.717) is 36.5 Å². The first kappa shape index (κ1) is 20.3. The number of aromatic nitrogens is 6. The second kappa shape index (κ2) is 7.91. The topological polar surface area (TPSA) is 69.5 Å². The number of hydrogen-bond acceptors (Lipinski definition) is 4. The predicted molar refractivity (Wildman–Crippen MR) is 124 cm³/mol. The molecule has 0 amide bonds. The van der Waals surface area contributed by atoms with Gasteiger partial charge < -0.3 is 8.80 Å². The summed E-state index contributed by atoms with van der Waals surface area (Å²) in [6.45, 7) is 0.412. The van der Waals surface area contributed by atoms with Crippen molar-refractivity contribution in [3.63, 3.8) is 0 Å². The van der Waals surface area contributed by atoms with Gasteiger partial charge in [0.2, 0.25) is 0 Å². The van der Waals surface area contributed by atoms with Crippen LogP contribution in [0.15, 0.2) is 60.0 Å². The molecule has 0 spiro atoms. The van der Waals surface area contributed by atoms with Crippen molar-refractivity contribution in [1.82, 2.24) is 28.5 Å². The van der Waals surface area contributed by atoms with E-state index in [1.165, 1.54) is 6.07 Å². The molecule has 0 atom stereocenters. The Hall–Kier alpha value is -3.33. The number of imidazole rings is 2. The van der Waals surface area contributed by atoms with Crippen LogP contribution in [0.4, 0.5) is 4.39 Å². The van der Waals surface area contributed by atoms with E-state index >= 15 is 0 Å². The minimum absolute atomic E-state index is 0.0172. The van der Waals surface area contributed by atoms with Crippen molar-refractivity contribution >= 4 is 32.9 Å². The van der Waals surface area contributed by atoms with Gasteiger partial charge in [-0.1, -0.05) is 15.9 Å². The van der Waals surface area contributed by atoms with Gasteiger partial charge >= 0.3 is 0 Å². The van der Waals surface area contributed by atoms with Crippen LogP contribution >= 0.6 is 15.9 Å². The highest BCUT2D eigenvalue weighted by Gasteiger charge is 2.27. The summed E-state index contributed by atoms with van der Waals surface area (Å²) in [5.41, 5.74) is 4.54. The number of halogens is 2. The minimum atomic E-state index is -0.188. The van der Waals surface area contributed by atoms with E-state index < -0.39 is 0 Å². The molecule has 0 radical (unpaired) electrons. The van der Waals surface area contributed by atoms with Crippen LogP contribution in [-0.2, 0) is 13.0 Å². The molecule has 0 aliphatic heterocycles. The Morgan fingerprint density at radius 1 is 1.18 bits per heavy atom. The third kappa shape index (κ3) is 3.97. The quantitative estimate of drug-likeness (QED) is 0.296. The summed E-state index contributed by atoms with van der Waals surface area (Å²) in [7, 11) is 0. The average molecular weight is 507 g/mol. The maximum atomic E-state index is 14.3. The summed E-state index contributed by atoms with van der Waals surface area (Å²) in [6.07, 6.45) is 13.7. The number of carbonyl (C=O) groups excluding carboxylic acids is 1. The molecular formula is C24H20BrFN6O. The van der Waals surface area contributed by atoms with Gasteiger partial charge in [0, 0.05) is 47.3 Å². The number of carbonyl (C=O) groups is 1. The van der Waals surface area contributed by atoms with Crippen LogP contribution in [0, 0.1) is 5.82 Å². The SMILES string of the molecule is O=C(CCc1ncn2ccc(Br)cc12)c1cnn(Cc2cn3cc(C4CC4)c(F)cc3n2)c1. The number of fused-ring (bicyclic) bond motifs is 2. The lowest BCUT2D eigenvalue weighted by atomic mass is 10.1. The fourth-order valence-electron chi connectivity index (χ4n) is 4.19. The van der Waals surface area contributed by atoms with Gasteiger partial charge in [0.05, 0.1) is 41.5 Å². The zero-order chi connectivity index (χ0) is 22.5. The molecule has 5 aromatic heterocycles. The van der Waals surface area contributed by atoms with Crippen LogP contribution in [0.25, 0.3) is 11.2 Å². The molecule has 0 bridgehead atoms. The molecule has 0 N–H and O–H groups in total. The molecule has 7 nitrogen and oxygen atoms in total. The van der Waals surface area contributed by atoms with E-state index in [1.54, 1.807) is 23.4 Å². The standard InChI is InChI=1S/C24H20BrFN6O/c25-17-5-6-30-14-27-21(22(30)7-17)3-4-23(33)16-9-28-32(10-16)12-18-11-31-13-19(15-1-2-15)20(26)8-24(31)29-18/h5-11,13-15H,1-4,12H2. The molecule has 5 aromatic rings. The van der Waals surface area contributed by atoms with E-state index in [4.69, 9.17) is 0 Å². The van der Waals surface area contributed by atoms with Crippen molar-refractivity contribution < 1.29 is 9.18 Å². The van der Waals surface area contributed by atoms with E-state index in [-0.39, 0.29) is 11.6 Å². The smallest absolute Gasteiger partial charge is 0.166 e. The van der Waals surface area contributed by atoms with Crippen molar-refractivity contribution in [3.05, 3.63) is 88.3 Å². The molecule has 1 aliphatic carbocycles. The van der Waals surface area contributed by atoms with Crippen LogP contribution in [-0.4, -0.2) is 34.3 Å². The van der Waals surface area contributed by atoms with E-state index in [0.717, 1.165) is 39.8 Å². The van der Waals surface area contributed by atoms with Gasteiger partial charge in [0.25, 0.3) is 0 Å². The van der Waals surface area contributed by atoms with Crippen molar-refractivity contribution in [2.45, 2.75) is 38.1 Å². The number of ketones is 1. The number of pyridine rings is 2. The molecule has 9 heteroatoms. The first-order chi connectivity index (χ1) is 16.0. The van der Waals surface area contributed by atoms with E-state index in [2.05, 4.69) is 31.0 Å². The first-order valence-corrected chi connectivity index (χ1v) is 11.7. The number of Topliss-reactive ketones (excluding diaryl/α,β-unsaturated/α-hetero) is 1. The van der Waals surface area contributed by atoms with Crippen LogP contribution in [0.3, 0.4) is 0 Å². The average Bonchev–Trinajstić information content (AvgIpc) is 3.21. The highest BCUT2D eigenvalue weighted by molar-refractivity contribution is 9.10. The lowest BCUT2D eigenvalue weighted by molar-refractivity contribution is 0.0982. The van der Waals surface area contributed by atoms with E-state index in [1.807, 2.05) is 39.5 Å². The van der Waals surface area contributed by atoms with Crippen LogP contribution in [0.2, 0.25) is 0 Å². The van der Waals surface area contributed by atoms with Gasteiger partial charge in [-0.05, 0) is 37.3 Å². The summed E-state index contributed by atoms with van der Waals surface area (Å²) < 4.78 is 20.8. The summed E-state index contributed by atoms with van der Waals surface area (Å²) in [5.74, 6) is 0.164. The Kier molecular flexibility index (Phi) is 4.86. The van der Waals surface area contributed by atoms with Gasteiger partial charge in [-0.15, -0.1) is 0 Å². The van der Waals surface area contributed by atoms with Gasteiger partial charge in [0.15, 0.2) is 5.78 Å². The van der Waals surface area contributed by atoms with Crippen molar-refractivity contribution in [1.29, 1.82) is 0 Å². The zero-order valence-electron chi connectivity index (χ0n) is 17.7. The molecular weight excluding hydrogens is 487 g/mol. The number of aryl methyl sites for hydroxylation is 1. The van der Waals surface area contributed by atoms with Crippen molar-refractivity contribution in [3.8, 4) is 0 Å². The van der Waals surface area contributed by atoms with Gasteiger partial charge in [-0.25, -0.2) is 14.4 Å². The molecule has 1 aliphatic rings. The van der Waals surface area contributed by atoms with Crippen molar-refractivity contribution in [2.75, 3.05) is 0 Å². The third-order valence-corrected chi connectivity index (χ3v) is 6.58. The maximum Gasteiger partial charge on any atom is 0.166 e. The van der Waals surface area contributed by atoms with Gasteiger partial charge in [-0.2, -0.15) is 5.10 Å². The Bertz CT molecular complexity index is 1510. The molecule has 166 valence electrons. The summed E-state index contributed by atoms with van der Waals surface area (Å²) in [6, 6.07) is 5.44. The Labute approximate surface area is 197 Å². The molecule has 6 rings (SSSR count). The molecule has 1 saturated carbocycles. The van der Waals surface area contributed by atoms with Crippen LogP contribution in [0.5, 0.6) is 0 Å². The van der Waals surface area contributed by atoms with Gasteiger partial charge in [0.1, 0.15) is 11.5 Å². The second-order valence-electron chi connectivity index (χ2n) is 8.53. The molecule has 0 unspecified atom stereocenters. The molecule has 5 heterocycles. The van der Waals surface area contributed by atoms with E-state index in [9.17, 15) is 9.18 Å². The highest BCUT2D eigenvalue weighted by Crippen LogP contribution is 2.41.